The predicted octanol–water partition coefficient (Wildman–Crippen LogP) is 4.91. The monoisotopic (exact) mass is 680 g/mol. The lowest BCUT2D eigenvalue weighted by Crippen LogP contribution is -2.48. The number of piperazine rings is 1. The quantitative estimate of drug-likeness (QED) is 0.241. The highest BCUT2D eigenvalue weighted by Gasteiger charge is 2.29. The number of para-hydroxylation sites is 1. The summed E-state index contributed by atoms with van der Waals surface area (Å²) < 4.78 is 36.6. The van der Waals surface area contributed by atoms with Gasteiger partial charge in [-0.2, -0.15) is 15.1 Å². The number of halogens is 1. The Morgan fingerprint density at radius 2 is 1.70 bits per heavy atom. The first kappa shape index (κ1) is 32.0. The molecule has 240 valence electrons. The second kappa shape index (κ2) is 13.4. The highest BCUT2D eigenvalue weighted by Crippen LogP contribution is 2.49. The summed E-state index contributed by atoms with van der Waals surface area (Å²) in [6.45, 7) is 2.82. The van der Waals surface area contributed by atoms with Gasteiger partial charge < -0.3 is 14.4 Å². The summed E-state index contributed by atoms with van der Waals surface area (Å²) in [5.74, 6) is 1.30. The van der Waals surface area contributed by atoms with E-state index < -0.39 is 9.84 Å². The maximum atomic E-state index is 13.8. The lowest BCUT2D eigenvalue weighted by molar-refractivity contribution is 0.0619. The van der Waals surface area contributed by atoms with Crippen LogP contribution in [0.4, 0.5) is 0 Å². The number of hydrogen-bond acceptors (Lipinski definition) is 10. The SMILES string of the molecule is COc1cc(OC)nc(CN2CCN(C(=O)c3cc(C4=CCC(c5cccc(S(C)(=O)=O)c5)S4)n(-c4ccccc4Cl)n3)CC2)n1. The Bertz CT molecular complexity index is 1880. The van der Waals surface area contributed by atoms with Gasteiger partial charge in [-0.25, -0.2) is 13.1 Å². The number of rotatable bonds is 9. The third-order valence-corrected chi connectivity index (χ3v) is 10.7. The van der Waals surface area contributed by atoms with E-state index >= 15 is 0 Å². The molecule has 0 bridgehead atoms. The number of thioether (sulfide) groups is 1. The fourth-order valence-corrected chi connectivity index (χ4v) is 7.58. The van der Waals surface area contributed by atoms with Gasteiger partial charge in [-0.1, -0.05) is 41.9 Å². The number of hydrogen-bond donors (Lipinski definition) is 0. The van der Waals surface area contributed by atoms with Gasteiger partial charge in [0.25, 0.3) is 5.91 Å². The van der Waals surface area contributed by atoms with E-state index in [1.165, 1.54) is 6.26 Å². The Balaban J connectivity index is 1.20. The summed E-state index contributed by atoms with van der Waals surface area (Å²) in [5.41, 5.74) is 2.68. The fourth-order valence-electron chi connectivity index (χ4n) is 5.45. The number of sulfone groups is 1. The molecule has 2 aliphatic heterocycles. The third-order valence-electron chi connectivity index (χ3n) is 7.87. The number of carbonyl (C=O) groups is 1. The number of benzene rings is 2. The van der Waals surface area contributed by atoms with Gasteiger partial charge in [0.1, 0.15) is 5.82 Å². The first-order chi connectivity index (χ1) is 22.1. The van der Waals surface area contributed by atoms with Crippen LogP contribution in [0.2, 0.25) is 5.02 Å². The molecule has 1 atom stereocenters. The number of aromatic nitrogens is 4. The molecule has 1 saturated heterocycles. The van der Waals surface area contributed by atoms with Crippen molar-refractivity contribution in [3.8, 4) is 17.4 Å². The minimum Gasteiger partial charge on any atom is -0.481 e. The second-order valence-electron chi connectivity index (χ2n) is 11.0. The van der Waals surface area contributed by atoms with E-state index in [9.17, 15) is 13.2 Å². The molecule has 1 unspecified atom stereocenters. The fraction of sp³-hybridized carbons (Fsp3) is 0.312. The van der Waals surface area contributed by atoms with Crippen molar-refractivity contribution in [1.29, 1.82) is 0 Å². The standard InChI is InChI=1S/C32H33ClN6O5S2/c1-43-30-19-31(44-2)35-29(34-30)20-37-13-15-38(16-14-37)32(40)24-18-26(39(36-24)25-10-5-4-9-23(25)33)28-12-11-27(45-28)21-7-6-8-22(17-21)46(3,41)42/h4-10,12,17-19,27H,11,13-16,20H2,1-3H3. The molecular formula is C32H33ClN6O5S2. The Hall–Kier alpha value is -3.91. The van der Waals surface area contributed by atoms with Crippen molar-refractivity contribution in [1.82, 2.24) is 29.5 Å². The molecule has 0 aliphatic carbocycles. The number of nitrogens with zero attached hydrogens (tertiary/aromatic N) is 6. The smallest absolute Gasteiger partial charge is 0.274 e. The molecule has 0 N–H and O–H groups in total. The average Bonchev–Trinajstić information content (AvgIpc) is 3.73. The van der Waals surface area contributed by atoms with Crippen molar-refractivity contribution < 1.29 is 22.7 Å². The van der Waals surface area contributed by atoms with Crippen molar-refractivity contribution in [3.05, 3.63) is 94.5 Å². The zero-order valence-corrected chi connectivity index (χ0v) is 28.0. The number of amides is 1. The van der Waals surface area contributed by atoms with E-state index in [1.54, 1.807) is 61.0 Å². The lowest BCUT2D eigenvalue weighted by Gasteiger charge is -2.34. The highest BCUT2D eigenvalue weighted by atomic mass is 35.5. The van der Waals surface area contributed by atoms with Crippen molar-refractivity contribution in [2.24, 2.45) is 0 Å². The largest absolute Gasteiger partial charge is 0.481 e. The van der Waals surface area contributed by atoms with Crippen LogP contribution in [0.15, 0.2) is 71.6 Å². The van der Waals surface area contributed by atoms with Crippen LogP contribution in [0.1, 0.15) is 39.2 Å². The highest BCUT2D eigenvalue weighted by molar-refractivity contribution is 8.08. The molecule has 14 heteroatoms. The summed E-state index contributed by atoms with van der Waals surface area (Å²) >= 11 is 8.23. The van der Waals surface area contributed by atoms with Crippen molar-refractivity contribution in [2.45, 2.75) is 23.1 Å². The Morgan fingerprint density at radius 3 is 2.37 bits per heavy atom. The first-order valence-electron chi connectivity index (χ1n) is 14.6. The number of allylic oxidation sites excluding steroid dienone is 1. The number of carbonyl (C=O) groups excluding carboxylic acids is 1. The lowest BCUT2D eigenvalue weighted by atomic mass is 10.1. The zero-order chi connectivity index (χ0) is 32.4. The molecule has 6 rings (SSSR count). The number of methoxy groups -OCH3 is 2. The van der Waals surface area contributed by atoms with E-state index in [2.05, 4.69) is 20.9 Å². The summed E-state index contributed by atoms with van der Waals surface area (Å²) in [4.78, 5) is 27.9. The normalized spacial score (nSPS) is 17.2. The Kier molecular flexibility index (Phi) is 9.37. The van der Waals surface area contributed by atoms with Crippen LogP contribution in [-0.4, -0.2) is 90.5 Å². The Labute approximate surface area is 277 Å². The minimum atomic E-state index is -3.33. The molecule has 1 amide bonds. The van der Waals surface area contributed by atoms with Crippen LogP contribution >= 0.6 is 23.4 Å². The van der Waals surface area contributed by atoms with Crippen LogP contribution < -0.4 is 9.47 Å². The van der Waals surface area contributed by atoms with Gasteiger partial charge in [0.05, 0.1) is 48.1 Å². The van der Waals surface area contributed by atoms with Gasteiger partial charge in [0, 0.05) is 42.6 Å². The van der Waals surface area contributed by atoms with Gasteiger partial charge in [-0.05, 0) is 42.3 Å². The van der Waals surface area contributed by atoms with Gasteiger partial charge in [-0.3, -0.25) is 9.69 Å². The van der Waals surface area contributed by atoms with Crippen molar-refractivity contribution in [3.63, 3.8) is 0 Å². The van der Waals surface area contributed by atoms with Crippen LogP contribution in [0.3, 0.4) is 0 Å². The second-order valence-corrected chi connectivity index (χ2v) is 14.6. The van der Waals surface area contributed by atoms with Crippen LogP contribution in [0.25, 0.3) is 10.6 Å². The molecule has 2 aromatic heterocycles. The average molecular weight is 681 g/mol. The molecule has 46 heavy (non-hydrogen) atoms. The topological polar surface area (TPSA) is 120 Å². The predicted molar refractivity (Wildman–Crippen MR) is 177 cm³/mol. The van der Waals surface area contributed by atoms with E-state index in [0.717, 1.165) is 16.2 Å². The summed E-state index contributed by atoms with van der Waals surface area (Å²) in [7, 11) is -0.227. The van der Waals surface area contributed by atoms with E-state index in [0.29, 0.717) is 78.0 Å². The van der Waals surface area contributed by atoms with Gasteiger partial charge in [0.15, 0.2) is 15.5 Å². The molecule has 2 aliphatic rings. The molecule has 0 radical (unpaired) electrons. The van der Waals surface area contributed by atoms with Gasteiger partial charge in [0.2, 0.25) is 11.8 Å². The minimum absolute atomic E-state index is 0.0204. The van der Waals surface area contributed by atoms with Crippen LogP contribution in [0, 0.1) is 0 Å². The third kappa shape index (κ3) is 6.92. The Morgan fingerprint density at radius 1 is 0.978 bits per heavy atom. The molecule has 1 fully saturated rings. The molecule has 4 aromatic rings. The molecule has 0 spiro atoms. The molecule has 11 nitrogen and oxygen atoms in total. The molecule has 0 saturated carbocycles. The van der Waals surface area contributed by atoms with Gasteiger partial charge >= 0.3 is 0 Å². The van der Waals surface area contributed by atoms with Crippen LogP contribution in [-0.2, 0) is 16.4 Å². The number of ether oxygens (including phenoxy) is 2. The maximum absolute atomic E-state index is 13.8. The summed E-state index contributed by atoms with van der Waals surface area (Å²) in [5, 5.41) is 5.31. The van der Waals surface area contributed by atoms with Crippen molar-refractivity contribution >= 4 is 44.0 Å². The van der Waals surface area contributed by atoms with E-state index in [-0.39, 0.29) is 11.2 Å². The maximum Gasteiger partial charge on any atom is 0.274 e. The molecule has 4 heterocycles. The molecular weight excluding hydrogens is 648 g/mol. The van der Waals surface area contributed by atoms with E-state index in [4.69, 9.17) is 26.2 Å². The molecule has 2 aromatic carbocycles. The van der Waals surface area contributed by atoms with Crippen molar-refractivity contribution in [2.75, 3.05) is 46.7 Å². The summed E-state index contributed by atoms with van der Waals surface area (Å²) in [6.07, 6.45) is 4.02. The van der Waals surface area contributed by atoms with E-state index in [1.807, 2.05) is 35.2 Å². The van der Waals surface area contributed by atoms with Gasteiger partial charge in [-0.15, -0.1) is 11.8 Å². The zero-order valence-electron chi connectivity index (χ0n) is 25.6. The van der Waals surface area contributed by atoms with Crippen LogP contribution in [0.5, 0.6) is 11.8 Å². The first-order valence-corrected chi connectivity index (χ1v) is 17.8. The summed E-state index contributed by atoms with van der Waals surface area (Å²) in [6, 6.07) is 17.9.